The molecule has 0 atom stereocenters. The van der Waals surface area contributed by atoms with Crippen molar-refractivity contribution in [2.75, 3.05) is 22.5 Å². The van der Waals surface area contributed by atoms with Crippen molar-refractivity contribution in [3.63, 3.8) is 0 Å². The van der Waals surface area contributed by atoms with Gasteiger partial charge in [-0.1, -0.05) is 20.8 Å². The first-order valence-electron chi connectivity index (χ1n) is 5.63. The molecule has 0 saturated carbocycles. The van der Waals surface area contributed by atoms with Crippen LogP contribution in [0.2, 0.25) is 0 Å². The van der Waals surface area contributed by atoms with Crippen LogP contribution in [0.3, 0.4) is 0 Å². The van der Waals surface area contributed by atoms with Gasteiger partial charge in [-0.2, -0.15) is 5.10 Å². The molecule has 110 valence electrons. The molecule has 0 aliphatic heterocycles. The minimum absolute atomic E-state index is 0.165. The molecule has 19 heavy (non-hydrogen) atoms. The fraction of sp³-hybridized carbons (Fsp3) is 0.700. The van der Waals surface area contributed by atoms with Crippen LogP contribution in [0.4, 0.5) is 5.82 Å². The molecule has 0 radical (unpaired) electrons. The normalized spacial score (nSPS) is 13.5. The quantitative estimate of drug-likeness (QED) is 0.823. The lowest BCUT2D eigenvalue weighted by Gasteiger charge is -2.14. The number of sulfone groups is 1. The molecule has 0 fully saturated rings. The molecule has 0 bridgehead atoms. The average Bonchev–Trinajstić information content (AvgIpc) is 2.61. The third kappa shape index (κ3) is 5.60. The standard InChI is InChI=1S/C10H19N3O4S2/c1-10(2,3)8-7-9(12-11-8)13-19(16,17)6-5-18(4,14)15/h7H,5-6H2,1-4H3,(H2,11,12,13). The molecule has 0 unspecified atom stereocenters. The third-order valence-corrected chi connectivity index (χ3v) is 4.83. The molecule has 0 aliphatic carbocycles. The molecule has 0 saturated heterocycles. The summed E-state index contributed by atoms with van der Waals surface area (Å²) >= 11 is 0. The van der Waals surface area contributed by atoms with E-state index in [1.807, 2.05) is 20.8 Å². The van der Waals surface area contributed by atoms with Crippen LogP contribution < -0.4 is 4.72 Å². The number of H-pyrrole nitrogens is 1. The lowest BCUT2D eigenvalue weighted by molar-refractivity contribution is 0.567. The van der Waals surface area contributed by atoms with Gasteiger partial charge in [0.2, 0.25) is 10.0 Å². The van der Waals surface area contributed by atoms with Crippen molar-refractivity contribution in [2.24, 2.45) is 0 Å². The smallest absolute Gasteiger partial charge is 0.234 e. The maximum absolute atomic E-state index is 11.7. The van der Waals surface area contributed by atoms with Crippen molar-refractivity contribution in [1.29, 1.82) is 0 Å². The number of aromatic nitrogens is 2. The monoisotopic (exact) mass is 309 g/mol. The second-order valence-corrected chi connectivity index (χ2v) is 9.57. The second kappa shape index (κ2) is 5.12. The van der Waals surface area contributed by atoms with Gasteiger partial charge >= 0.3 is 0 Å². The predicted octanol–water partition coefficient (Wildman–Crippen LogP) is 0.493. The summed E-state index contributed by atoms with van der Waals surface area (Å²) in [5, 5.41) is 6.59. The molecule has 0 aromatic carbocycles. The summed E-state index contributed by atoms with van der Waals surface area (Å²) < 4.78 is 47.5. The highest BCUT2D eigenvalue weighted by molar-refractivity contribution is 7.95. The van der Waals surface area contributed by atoms with Crippen LogP contribution in [0.15, 0.2) is 6.07 Å². The first-order chi connectivity index (χ1) is 8.39. The molecule has 0 spiro atoms. The maximum atomic E-state index is 11.7. The molecule has 1 aromatic rings. The van der Waals surface area contributed by atoms with Crippen LogP contribution in [-0.2, 0) is 25.3 Å². The van der Waals surface area contributed by atoms with Gasteiger partial charge in [-0.15, -0.1) is 0 Å². The number of aromatic amines is 1. The van der Waals surface area contributed by atoms with Crippen molar-refractivity contribution < 1.29 is 16.8 Å². The number of nitrogens with one attached hydrogen (secondary N) is 2. The summed E-state index contributed by atoms with van der Waals surface area (Å²) in [7, 11) is -7.03. The van der Waals surface area contributed by atoms with Crippen LogP contribution >= 0.6 is 0 Å². The van der Waals surface area contributed by atoms with E-state index in [1.54, 1.807) is 6.07 Å². The fourth-order valence-corrected chi connectivity index (χ4v) is 3.84. The lowest BCUT2D eigenvalue weighted by Crippen LogP contribution is -2.22. The van der Waals surface area contributed by atoms with E-state index in [-0.39, 0.29) is 11.2 Å². The van der Waals surface area contributed by atoms with Crippen molar-refractivity contribution >= 4 is 25.7 Å². The van der Waals surface area contributed by atoms with E-state index in [0.29, 0.717) is 0 Å². The molecule has 9 heteroatoms. The van der Waals surface area contributed by atoms with Gasteiger partial charge in [0, 0.05) is 23.4 Å². The van der Waals surface area contributed by atoms with E-state index in [0.717, 1.165) is 11.9 Å². The number of sulfonamides is 1. The predicted molar refractivity (Wildman–Crippen MR) is 74.4 cm³/mol. The number of hydrogen-bond acceptors (Lipinski definition) is 5. The summed E-state index contributed by atoms with van der Waals surface area (Å²) in [4.78, 5) is 0. The summed E-state index contributed by atoms with van der Waals surface area (Å²) in [6.45, 7) is 5.88. The van der Waals surface area contributed by atoms with E-state index < -0.39 is 31.4 Å². The minimum Gasteiger partial charge on any atom is -0.280 e. The van der Waals surface area contributed by atoms with Crippen molar-refractivity contribution in [1.82, 2.24) is 10.2 Å². The summed E-state index contributed by atoms with van der Waals surface area (Å²) in [6, 6.07) is 1.60. The van der Waals surface area contributed by atoms with E-state index in [2.05, 4.69) is 14.9 Å². The zero-order chi connectivity index (χ0) is 14.9. The van der Waals surface area contributed by atoms with Gasteiger partial charge in [0.05, 0.1) is 11.5 Å². The van der Waals surface area contributed by atoms with Crippen molar-refractivity contribution in [3.8, 4) is 0 Å². The Kier molecular flexibility index (Phi) is 4.30. The molecule has 2 N–H and O–H groups in total. The summed E-state index contributed by atoms with van der Waals surface area (Å²) in [5.41, 5.74) is 0.608. The van der Waals surface area contributed by atoms with Crippen LogP contribution in [0, 0.1) is 0 Å². The van der Waals surface area contributed by atoms with E-state index in [9.17, 15) is 16.8 Å². The Labute approximate surface area is 113 Å². The Morgan fingerprint density at radius 1 is 1.21 bits per heavy atom. The fourth-order valence-electron chi connectivity index (χ4n) is 1.23. The Morgan fingerprint density at radius 3 is 2.21 bits per heavy atom. The first-order valence-corrected chi connectivity index (χ1v) is 9.34. The highest BCUT2D eigenvalue weighted by Gasteiger charge is 2.19. The molecule has 7 nitrogen and oxygen atoms in total. The van der Waals surface area contributed by atoms with Crippen molar-refractivity contribution in [2.45, 2.75) is 26.2 Å². The molecule has 1 aromatic heterocycles. The summed E-state index contributed by atoms with van der Waals surface area (Å²) in [5.74, 6) is -0.735. The molecular formula is C10H19N3O4S2. The van der Waals surface area contributed by atoms with Gasteiger partial charge in [0.1, 0.15) is 9.84 Å². The first kappa shape index (κ1) is 16.0. The molecular weight excluding hydrogens is 290 g/mol. The SMILES string of the molecule is CC(C)(C)c1cc(NS(=O)(=O)CCS(C)(=O)=O)n[nH]1. The zero-order valence-corrected chi connectivity index (χ0v) is 13.0. The largest absolute Gasteiger partial charge is 0.280 e. The Hall–Kier alpha value is -1.09. The highest BCUT2D eigenvalue weighted by Crippen LogP contribution is 2.22. The molecule has 1 rings (SSSR count). The molecule has 0 amide bonds. The van der Waals surface area contributed by atoms with Crippen LogP contribution in [0.25, 0.3) is 0 Å². The topological polar surface area (TPSA) is 109 Å². The zero-order valence-electron chi connectivity index (χ0n) is 11.4. The Morgan fingerprint density at radius 2 is 1.79 bits per heavy atom. The average molecular weight is 309 g/mol. The highest BCUT2D eigenvalue weighted by atomic mass is 32.2. The Bertz CT molecular complexity index is 639. The van der Waals surface area contributed by atoms with Crippen molar-refractivity contribution in [3.05, 3.63) is 11.8 Å². The van der Waals surface area contributed by atoms with Gasteiger partial charge in [-0.3, -0.25) is 9.82 Å². The third-order valence-electron chi connectivity index (χ3n) is 2.37. The molecule has 0 aliphatic rings. The number of rotatable bonds is 5. The van der Waals surface area contributed by atoms with E-state index >= 15 is 0 Å². The minimum atomic E-state index is -3.71. The van der Waals surface area contributed by atoms with E-state index in [1.165, 1.54) is 0 Å². The van der Waals surface area contributed by atoms with Crippen LogP contribution in [0.5, 0.6) is 0 Å². The Balaban J connectivity index is 2.77. The van der Waals surface area contributed by atoms with Crippen LogP contribution in [-0.4, -0.2) is 44.8 Å². The van der Waals surface area contributed by atoms with Gasteiger partial charge in [0.15, 0.2) is 5.82 Å². The summed E-state index contributed by atoms with van der Waals surface area (Å²) in [6.07, 6.45) is 0.995. The van der Waals surface area contributed by atoms with Gasteiger partial charge in [-0.25, -0.2) is 16.8 Å². The molecule has 1 heterocycles. The number of hydrogen-bond donors (Lipinski definition) is 2. The number of anilines is 1. The second-order valence-electron chi connectivity index (χ2n) is 5.47. The van der Waals surface area contributed by atoms with Crippen LogP contribution in [0.1, 0.15) is 26.5 Å². The van der Waals surface area contributed by atoms with Gasteiger partial charge in [-0.05, 0) is 0 Å². The van der Waals surface area contributed by atoms with Gasteiger partial charge in [0.25, 0.3) is 0 Å². The lowest BCUT2D eigenvalue weighted by atomic mass is 9.92. The number of nitrogens with zero attached hydrogens (tertiary/aromatic N) is 1. The van der Waals surface area contributed by atoms with E-state index in [4.69, 9.17) is 0 Å². The maximum Gasteiger partial charge on any atom is 0.234 e. The van der Waals surface area contributed by atoms with Gasteiger partial charge < -0.3 is 0 Å².